The lowest BCUT2D eigenvalue weighted by molar-refractivity contribution is -0.384. The van der Waals surface area contributed by atoms with Crippen LogP contribution in [0.3, 0.4) is 0 Å². The number of hydrogen-bond acceptors (Lipinski definition) is 4. The molecule has 1 aromatic heterocycles. The maximum atomic E-state index is 13.3. The molecule has 1 unspecified atom stereocenters. The molecule has 1 N–H and O–H groups in total. The van der Waals surface area contributed by atoms with Gasteiger partial charge >= 0.3 is 0 Å². The number of rotatable bonds is 2. The first-order valence-corrected chi connectivity index (χ1v) is 9.44. The summed E-state index contributed by atoms with van der Waals surface area (Å²) < 4.78 is 0. The standard InChI is InChI=1S/C22H15N3O4/c26-19-9-20-22(16-4-2-1-3-15(16)19)10-13(22)11-24(20)21(27)18-7-12-5-6-14(25(28)29)8-17(12)23-18/h1-9,13,23H,10-11H2/t13-,22?/m1/s1. The molecular formula is C22H15N3O4. The van der Waals surface area contributed by atoms with E-state index in [4.69, 9.17) is 0 Å². The van der Waals surface area contributed by atoms with Crippen LogP contribution in [-0.2, 0) is 5.41 Å². The largest absolute Gasteiger partial charge is 0.350 e. The van der Waals surface area contributed by atoms with Gasteiger partial charge in [0.15, 0.2) is 5.78 Å². The molecule has 2 heterocycles. The number of amides is 1. The Labute approximate surface area is 164 Å². The van der Waals surface area contributed by atoms with Gasteiger partial charge in [-0.3, -0.25) is 19.7 Å². The first-order valence-electron chi connectivity index (χ1n) is 9.44. The smallest absolute Gasteiger partial charge is 0.274 e. The van der Waals surface area contributed by atoms with Crippen molar-refractivity contribution in [2.24, 2.45) is 5.92 Å². The molecule has 7 nitrogen and oxygen atoms in total. The number of piperidine rings is 1. The lowest BCUT2D eigenvalue weighted by Gasteiger charge is -2.29. The zero-order chi connectivity index (χ0) is 19.9. The topological polar surface area (TPSA) is 96.3 Å². The normalized spacial score (nSPS) is 24.0. The first kappa shape index (κ1) is 16.2. The highest BCUT2D eigenvalue weighted by Gasteiger charge is 2.67. The number of hydrogen-bond donors (Lipinski definition) is 1. The van der Waals surface area contributed by atoms with Gasteiger partial charge in [0.1, 0.15) is 5.69 Å². The van der Waals surface area contributed by atoms with Crippen LogP contribution >= 0.6 is 0 Å². The van der Waals surface area contributed by atoms with Gasteiger partial charge in [0.2, 0.25) is 0 Å². The molecule has 1 saturated carbocycles. The Kier molecular flexibility index (Phi) is 2.91. The predicted octanol–water partition coefficient (Wildman–Crippen LogP) is 3.57. The van der Waals surface area contributed by atoms with E-state index in [1.165, 1.54) is 12.1 Å². The van der Waals surface area contributed by atoms with Crippen LogP contribution in [-0.4, -0.2) is 33.0 Å². The van der Waals surface area contributed by atoms with Gasteiger partial charge in [-0.1, -0.05) is 24.3 Å². The number of aromatic nitrogens is 1. The second kappa shape index (κ2) is 5.20. The molecule has 3 aromatic rings. The average Bonchev–Trinajstić information content (AvgIpc) is 3.12. The van der Waals surface area contributed by atoms with Gasteiger partial charge in [0, 0.05) is 46.8 Å². The van der Waals surface area contributed by atoms with Crippen molar-refractivity contribution >= 4 is 28.3 Å². The van der Waals surface area contributed by atoms with Crippen molar-refractivity contribution in [1.29, 1.82) is 0 Å². The van der Waals surface area contributed by atoms with Gasteiger partial charge in [-0.2, -0.15) is 0 Å². The summed E-state index contributed by atoms with van der Waals surface area (Å²) in [5.41, 5.74) is 3.17. The zero-order valence-electron chi connectivity index (χ0n) is 15.2. The zero-order valence-corrected chi connectivity index (χ0v) is 15.2. The van der Waals surface area contributed by atoms with Crippen LogP contribution in [0.25, 0.3) is 10.9 Å². The molecule has 2 atom stereocenters. The lowest BCUT2D eigenvalue weighted by Crippen LogP contribution is -2.33. The molecule has 29 heavy (non-hydrogen) atoms. The minimum Gasteiger partial charge on any atom is -0.350 e. The summed E-state index contributed by atoms with van der Waals surface area (Å²) in [6, 6.07) is 13.8. The van der Waals surface area contributed by atoms with Crippen molar-refractivity contribution in [2.75, 3.05) is 6.54 Å². The summed E-state index contributed by atoms with van der Waals surface area (Å²) in [7, 11) is 0. The van der Waals surface area contributed by atoms with Crippen LogP contribution < -0.4 is 0 Å². The van der Waals surface area contributed by atoms with Gasteiger partial charge in [-0.15, -0.1) is 0 Å². The van der Waals surface area contributed by atoms with Crippen LogP contribution in [0.15, 0.2) is 60.3 Å². The highest BCUT2D eigenvalue weighted by atomic mass is 16.6. The van der Waals surface area contributed by atoms with Crippen molar-refractivity contribution in [1.82, 2.24) is 9.88 Å². The van der Waals surface area contributed by atoms with E-state index in [-0.39, 0.29) is 22.8 Å². The Balaban J connectivity index is 1.40. The fraction of sp³-hybridized carbons (Fsp3) is 0.182. The molecule has 0 bridgehead atoms. The van der Waals surface area contributed by atoms with Crippen molar-refractivity contribution in [3.05, 3.63) is 87.2 Å². The first-order chi connectivity index (χ1) is 14.0. The van der Waals surface area contributed by atoms with Crippen molar-refractivity contribution in [3.8, 4) is 0 Å². The van der Waals surface area contributed by atoms with Crippen molar-refractivity contribution < 1.29 is 14.5 Å². The van der Waals surface area contributed by atoms with Crippen LogP contribution in [0.1, 0.15) is 32.8 Å². The van der Waals surface area contributed by atoms with E-state index in [2.05, 4.69) is 4.98 Å². The third-order valence-corrected chi connectivity index (χ3v) is 6.49. The van der Waals surface area contributed by atoms with Gasteiger partial charge in [-0.25, -0.2) is 0 Å². The van der Waals surface area contributed by atoms with Crippen molar-refractivity contribution in [3.63, 3.8) is 0 Å². The van der Waals surface area contributed by atoms with E-state index in [0.717, 1.165) is 28.6 Å². The highest BCUT2D eigenvalue weighted by Crippen LogP contribution is 2.66. The van der Waals surface area contributed by atoms with E-state index < -0.39 is 4.92 Å². The quantitative estimate of drug-likeness (QED) is 0.539. The number of benzene rings is 2. The Morgan fingerprint density at radius 3 is 2.86 bits per heavy atom. The minimum absolute atomic E-state index is 0.0306. The summed E-state index contributed by atoms with van der Waals surface area (Å²) in [6.45, 7) is 0.571. The molecule has 3 aliphatic rings. The fourth-order valence-electron chi connectivity index (χ4n) is 5.07. The monoisotopic (exact) mass is 385 g/mol. The number of fused-ring (bicyclic) bond motifs is 2. The van der Waals surface area contributed by atoms with Crippen LogP contribution in [0.2, 0.25) is 0 Å². The number of ketones is 1. The number of nitrogens with one attached hydrogen (secondary N) is 1. The molecule has 142 valence electrons. The van der Waals surface area contributed by atoms with E-state index in [9.17, 15) is 19.7 Å². The number of carbonyl (C=O) groups is 2. The molecule has 1 aliphatic heterocycles. The highest BCUT2D eigenvalue weighted by molar-refractivity contribution is 6.10. The van der Waals surface area contributed by atoms with Gasteiger partial charge in [-0.05, 0) is 30.0 Å². The van der Waals surface area contributed by atoms with E-state index >= 15 is 0 Å². The number of nitro groups is 1. The third-order valence-electron chi connectivity index (χ3n) is 6.49. The number of nitrogens with zero attached hydrogens (tertiary/aromatic N) is 2. The van der Waals surface area contributed by atoms with Crippen LogP contribution in [0, 0.1) is 16.0 Å². The summed E-state index contributed by atoms with van der Waals surface area (Å²) in [6.07, 6.45) is 2.56. The lowest BCUT2D eigenvalue weighted by atomic mass is 9.81. The third kappa shape index (κ3) is 2.01. The molecule has 6 rings (SSSR count). The Morgan fingerprint density at radius 2 is 2.03 bits per heavy atom. The number of allylic oxidation sites excluding steroid dienone is 2. The van der Waals surface area contributed by atoms with Crippen molar-refractivity contribution in [2.45, 2.75) is 11.8 Å². The molecule has 1 spiro atoms. The maximum absolute atomic E-state index is 13.3. The molecular weight excluding hydrogens is 370 g/mol. The molecule has 0 radical (unpaired) electrons. The number of aromatic amines is 1. The van der Waals surface area contributed by atoms with Crippen LogP contribution in [0.4, 0.5) is 5.69 Å². The second-order valence-electron chi connectivity index (χ2n) is 7.94. The van der Waals surface area contributed by atoms with E-state index in [1.54, 1.807) is 23.1 Å². The van der Waals surface area contributed by atoms with E-state index in [0.29, 0.717) is 23.7 Å². The average molecular weight is 385 g/mol. The molecule has 7 heteroatoms. The van der Waals surface area contributed by atoms with Gasteiger partial charge in [0.05, 0.1) is 10.4 Å². The molecule has 2 aromatic carbocycles. The van der Waals surface area contributed by atoms with Gasteiger partial charge in [0.25, 0.3) is 11.6 Å². The second-order valence-corrected chi connectivity index (χ2v) is 7.94. The summed E-state index contributed by atoms with van der Waals surface area (Å²) in [4.78, 5) is 41.2. The fourth-order valence-corrected chi connectivity index (χ4v) is 5.07. The van der Waals surface area contributed by atoms with Crippen LogP contribution in [0.5, 0.6) is 0 Å². The summed E-state index contributed by atoms with van der Waals surface area (Å²) >= 11 is 0. The molecule has 2 aliphatic carbocycles. The van der Waals surface area contributed by atoms with Gasteiger partial charge < -0.3 is 9.88 Å². The summed E-state index contributed by atoms with van der Waals surface area (Å²) in [5, 5.41) is 11.7. The predicted molar refractivity (Wildman–Crippen MR) is 105 cm³/mol. The Hall–Kier alpha value is -3.74. The number of non-ortho nitro benzene ring substituents is 1. The minimum atomic E-state index is -0.463. The number of carbonyl (C=O) groups excluding carboxylic acids is 2. The number of likely N-dealkylation sites (tertiary alicyclic amines) is 1. The molecule has 2 fully saturated rings. The molecule has 1 amide bonds. The Morgan fingerprint density at radius 1 is 1.21 bits per heavy atom. The number of nitro benzene ring substituents is 1. The summed E-state index contributed by atoms with van der Waals surface area (Å²) in [5.74, 6) is 0.0325. The number of H-pyrrole nitrogens is 1. The SMILES string of the molecule is O=C1C=C2N(C(=O)c3cc4ccc([N+](=O)[O-])cc4[nH]3)C[C@H]3CC23c2ccccc21. The Bertz CT molecular complexity index is 1300. The van der Waals surface area contributed by atoms with E-state index in [1.807, 2.05) is 24.3 Å². The maximum Gasteiger partial charge on any atom is 0.274 e. The molecule has 1 saturated heterocycles.